The lowest BCUT2D eigenvalue weighted by atomic mass is 9.87. The summed E-state index contributed by atoms with van der Waals surface area (Å²) in [5.41, 5.74) is 7.67. The highest BCUT2D eigenvalue weighted by atomic mass is 16.2. The van der Waals surface area contributed by atoms with Crippen molar-refractivity contribution in [1.29, 1.82) is 0 Å². The maximum Gasteiger partial charge on any atom is 0.253 e. The molecule has 4 N–H and O–H groups in total. The van der Waals surface area contributed by atoms with E-state index in [9.17, 15) is 14.4 Å². The molecule has 0 heterocycles. The minimum Gasteiger partial charge on any atom is -0.356 e. The molecule has 0 aromatic heterocycles. The van der Waals surface area contributed by atoms with Gasteiger partial charge in [0.25, 0.3) is 11.8 Å². The van der Waals surface area contributed by atoms with Gasteiger partial charge in [-0.3, -0.25) is 14.4 Å². The van der Waals surface area contributed by atoms with E-state index in [1.54, 1.807) is 24.3 Å². The van der Waals surface area contributed by atoms with Gasteiger partial charge in [0.15, 0.2) is 0 Å². The van der Waals surface area contributed by atoms with Crippen molar-refractivity contribution >= 4 is 17.7 Å². The van der Waals surface area contributed by atoms with E-state index in [0.29, 0.717) is 42.5 Å². The second-order valence-corrected chi connectivity index (χ2v) is 11.6. The van der Waals surface area contributed by atoms with Crippen LogP contribution in [0.1, 0.15) is 120 Å². The van der Waals surface area contributed by atoms with E-state index in [2.05, 4.69) is 38.3 Å². The van der Waals surface area contributed by atoms with Crippen LogP contribution in [0.3, 0.4) is 0 Å². The average molecular weight is 543 g/mol. The van der Waals surface area contributed by atoms with Crippen LogP contribution >= 0.6 is 0 Å². The van der Waals surface area contributed by atoms with Crippen molar-refractivity contribution in [2.45, 2.75) is 111 Å². The van der Waals surface area contributed by atoms with E-state index in [1.165, 1.54) is 25.7 Å². The minimum absolute atomic E-state index is 0.0416. The summed E-state index contributed by atoms with van der Waals surface area (Å²) in [5.74, 6) is 0.558. The Morgan fingerprint density at radius 2 is 1.59 bits per heavy atom. The zero-order valence-electron chi connectivity index (χ0n) is 25.1. The lowest BCUT2D eigenvalue weighted by Gasteiger charge is -2.30. The van der Waals surface area contributed by atoms with Crippen molar-refractivity contribution < 1.29 is 14.4 Å². The zero-order valence-corrected chi connectivity index (χ0v) is 25.1. The van der Waals surface area contributed by atoms with Crippen LogP contribution in [0.15, 0.2) is 24.3 Å². The molecular weight excluding hydrogens is 488 g/mol. The van der Waals surface area contributed by atoms with Gasteiger partial charge in [0.05, 0.1) is 0 Å². The zero-order chi connectivity index (χ0) is 28.8. The SMILES string of the molecule is CCCN(CCC)C(=O)c1cccc(C(=O)N[C@@H](CC(CC)CC)[C@@H](N)C[C@@H](C)C(=O)NCC2CCCC2)c1. The molecule has 0 spiro atoms. The Morgan fingerprint density at radius 3 is 2.18 bits per heavy atom. The van der Waals surface area contributed by atoms with E-state index < -0.39 is 0 Å². The van der Waals surface area contributed by atoms with Crippen molar-refractivity contribution in [1.82, 2.24) is 15.5 Å². The first-order chi connectivity index (χ1) is 18.7. The average Bonchev–Trinajstić information content (AvgIpc) is 3.47. The molecule has 0 aliphatic heterocycles. The van der Waals surface area contributed by atoms with Crippen LogP contribution in [0.25, 0.3) is 0 Å². The smallest absolute Gasteiger partial charge is 0.253 e. The number of benzene rings is 1. The number of hydrogen-bond acceptors (Lipinski definition) is 4. The molecule has 0 bridgehead atoms. The summed E-state index contributed by atoms with van der Waals surface area (Å²) in [6, 6.07) is 6.37. The molecule has 7 nitrogen and oxygen atoms in total. The Bertz CT molecular complexity index is 889. The monoisotopic (exact) mass is 542 g/mol. The van der Waals surface area contributed by atoms with Crippen LogP contribution in [0, 0.1) is 17.8 Å². The van der Waals surface area contributed by atoms with Crippen LogP contribution in [-0.4, -0.2) is 54.3 Å². The van der Waals surface area contributed by atoms with Crippen LogP contribution in [0.2, 0.25) is 0 Å². The lowest BCUT2D eigenvalue weighted by molar-refractivity contribution is -0.125. The topological polar surface area (TPSA) is 105 Å². The van der Waals surface area contributed by atoms with Crippen molar-refractivity contribution in [2.24, 2.45) is 23.5 Å². The summed E-state index contributed by atoms with van der Waals surface area (Å²) >= 11 is 0. The molecule has 1 aliphatic carbocycles. The summed E-state index contributed by atoms with van der Waals surface area (Å²) < 4.78 is 0. The molecule has 1 saturated carbocycles. The van der Waals surface area contributed by atoms with E-state index in [1.807, 2.05) is 11.8 Å². The highest BCUT2D eigenvalue weighted by Gasteiger charge is 2.28. The van der Waals surface area contributed by atoms with Gasteiger partial charge in [-0.15, -0.1) is 0 Å². The molecule has 2 rings (SSSR count). The second kappa shape index (κ2) is 17.3. The van der Waals surface area contributed by atoms with Gasteiger partial charge in [-0.2, -0.15) is 0 Å². The number of amides is 3. The lowest BCUT2D eigenvalue weighted by Crippen LogP contribution is -2.50. The fourth-order valence-electron chi connectivity index (χ4n) is 5.72. The van der Waals surface area contributed by atoms with E-state index >= 15 is 0 Å². The van der Waals surface area contributed by atoms with Crippen LogP contribution in [0.4, 0.5) is 0 Å². The molecular formula is C32H54N4O3. The van der Waals surface area contributed by atoms with Crippen LogP contribution < -0.4 is 16.4 Å². The van der Waals surface area contributed by atoms with Gasteiger partial charge in [-0.1, -0.05) is 66.4 Å². The van der Waals surface area contributed by atoms with E-state index in [4.69, 9.17) is 5.73 Å². The molecule has 0 unspecified atom stereocenters. The third-order valence-electron chi connectivity index (χ3n) is 8.33. The molecule has 3 amide bonds. The molecule has 1 aromatic rings. The molecule has 1 aromatic carbocycles. The summed E-state index contributed by atoms with van der Waals surface area (Å²) in [4.78, 5) is 41.2. The maximum absolute atomic E-state index is 13.4. The Hall–Kier alpha value is -2.41. The van der Waals surface area contributed by atoms with Crippen LogP contribution in [0.5, 0.6) is 0 Å². The number of hydrogen-bond donors (Lipinski definition) is 3. The van der Waals surface area contributed by atoms with Gasteiger partial charge in [0.1, 0.15) is 0 Å². The first-order valence-corrected chi connectivity index (χ1v) is 15.5. The molecule has 0 radical (unpaired) electrons. The normalized spacial score (nSPS) is 16.1. The maximum atomic E-state index is 13.4. The number of rotatable bonds is 17. The third kappa shape index (κ3) is 10.6. The molecule has 3 atom stereocenters. The van der Waals surface area contributed by atoms with Gasteiger partial charge < -0.3 is 21.3 Å². The first kappa shape index (κ1) is 32.8. The minimum atomic E-state index is -0.351. The summed E-state index contributed by atoms with van der Waals surface area (Å²) in [7, 11) is 0. The largest absolute Gasteiger partial charge is 0.356 e. The number of nitrogens with one attached hydrogen (secondary N) is 2. The van der Waals surface area contributed by atoms with Gasteiger partial charge in [-0.25, -0.2) is 0 Å². The van der Waals surface area contributed by atoms with Crippen molar-refractivity contribution in [3.63, 3.8) is 0 Å². The van der Waals surface area contributed by atoms with Crippen molar-refractivity contribution in [3.8, 4) is 0 Å². The second-order valence-electron chi connectivity index (χ2n) is 11.6. The predicted octanol–water partition coefficient (Wildman–Crippen LogP) is 5.53. The summed E-state index contributed by atoms with van der Waals surface area (Å²) in [5, 5.41) is 6.30. The number of nitrogens with zero attached hydrogens (tertiary/aromatic N) is 1. The molecule has 220 valence electrons. The Labute approximate surface area is 237 Å². The quantitative estimate of drug-likeness (QED) is 0.241. The van der Waals surface area contributed by atoms with Crippen molar-refractivity contribution in [3.05, 3.63) is 35.4 Å². The Kier molecular flexibility index (Phi) is 14.6. The summed E-state index contributed by atoms with van der Waals surface area (Å²) in [6.45, 7) is 12.5. The molecule has 39 heavy (non-hydrogen) atoms. The van der Waals surface area contributed by atoms with Gasteiger partial charge >= 0.3 is 0 Å². The Morgan fingerprint density at radius 1 is 0.974 bits per heavy atom. The van der Waals surface area contributed by atoms with Gasteiger partial charge in [0, 0.05) is 48.8 Å². The highest BCUT2D eigenvalue weighted by molar-refractivity contribution is 5.99. The highest BCUT2D eigenvalue weighted by Crippen LogP contribution is 2.24. The molecule has 1 aliphatic rings. The molecule has 1 fully saturated rings. The standard InChI is InChI=1S/C32H54N4O3/c1-6-17-36(18-7-2)32(39)27-16-12-15-26(21-27)31(38)35-29(20-24(8-3)9-4)28(33)19-23(5)30(37)34-22-25-13-10-11-14-25/h12,15-16,21,23-25,28-29H,6-11,13-14,17-20,22,33H2,1-5H3,(H,34,37)(H,35,38)/t23-,28+,29+/m1/s1. The predicted molar refractivity (Wildman–Crippen MR) is 160 cm³/mol. The van der Waals surface area contributed by atoms with Crippen LogP contribution in [-0.2, 0) is 4.79 Å². The van der Waals surface area contributed by atoms with E-state index in [0.717, 1.165) is 38.6 Å². The molecule has 0 saturated heterocycles. The fraction of sp³-hybridized carbons (Fsp3) is 0.719. The molecule has 7 heteroatoms. The van der Waals surface area contributed by atoms with Gasteiger partial charge in [-0.05, 0) is 68.6 Å². The Balaban J connectivity index is 2.10. The fourth-order valence-corrected chi connectivity index (χ4v) is 5.72. The third-order valence-corrected chi connectivity index (χ3v) is 8.33. The van der Waals surface area contributed by atoms with Crippen molar-refractivity contribution in [2.75, 3.05) is 19.6 Å². The van der Waals surface area contributed by atoms with E-state index in [-0.39, 0.29) is 35.7 Å². The van der Waals surface area contributed by atoms with Gasteiger partial charge in [0.2, 0.25) is 5.91 Å². The number of nitrogens with two attached hydrogens (primary N) is 1. The first-order valence-electron chi connectivity index (χ1n) is 15.5. The summed E-state index contributed by atoms with van der Waals surface area (Å²) in [6.07, 6.45) is 9.94. The number of carbonyl (C=O) groups is 3. The number of carbonyl (C=O) groups excluding carboxylic acids is 3.